The van der Waals surface area contributed by atoms with Crippen LogP contribution < -0.4 is 32.5 Å². The fourth-order valence-corrected chi connectivity index (χ4v) is 5.29. The van der Waals surface area contributed by atoms with E-state index in [9.17, 15) is 9.59 Å². The van der Waals surface area contributed by atoms with E-state index in [2.05, 4.69) is 69.0 Å². The van der Waals surface area contributed by atoms with Crippen molar-refractivity contribution in [2.45, 2.75) is 78.5 Å². The molecule has 2 aromatic carbocycles. The number of alkyl carbamates (subject to hydrolysis) is 1. The Morgan fingerprint density at radius 2 is 1.77 bits per heavy atom. The molecule has 1 saturated carbocycles. The second-order valence-corrected chi connectivity index (χ2v) is 12.6. The normalized spacial score (nSPS) is 13.1. The van der Waals surface area contributed by atoms with Crippen molar-refractivity contribution in [2.75, 3.05) is 43.4 Å². The quantitative estimate of drug-likeness (QED) is 0.126. The molecule has 12 heteroatoms. The molecular formula is C35H52N8O4. The van der Waals surface area contributed by atoms with Crippen LogP contribution in [0.15, 0.2) is 48.7 Å². The van der Waals surface area contributed by atoms with E-state index in [0.717, 1.165) is 34.7 Å². The number of carbonyl (C=O) groups excluding carboxylic acids is 2. The number of amides is 2. The van der Waals surface area contributed by atoms with Crippen LogP contribution in [0, 0.1) is 12.8 Å². The van der Waals surface area contributed by atoms with Crippen LogP contribution in [0.4, 0.5) is 22.2 Å². The summed E-state index contributed by atoms with van der Waals surface area (Å²) in [5.74, 6) is 1.61. The van der Waals surface area contributed by atoms with Gasteiger partial charge in [0.1, 0.15) is 11.3 Å². The predicted molar refractivity (Wildman–Crippen MR) is 188 cm³/mol. The number of anilines is 3. The van der Waals surface area contributed by atoms with Gasteiger partial charge in [0.25, 0.3) is 0 Å². The molecule has 0 aliphatic heterocycles. The van der Waals surface area contributed by atoms with Gasteiger partial charge in [-0.05, 0) is 80.3 Å². The van der Waals surface area contributed by atoms with Crippen molar-refractivity contribution < 1.29 is 19.2 Å². The zero-order chi connectivity index (χ0) is 34.2. The zero-order valence-electron chi connectivity index (χ0n) is 28.7. The van der Waals surface area contributed by atoms with Crippen molar-refractivity contribution in [3.05, 3.63) is 65.4 Å². The Morgan fingerprint density at radius 1 is 1.02 bits per heavy atom. The van der Waals surface area contributed by atoms with Crippen LogP contribution in [0.2, 0.25) is 0 Å². The Hall–Kier alpha value is -4.42. The van der Waals surface area contributed by atoms with Crippen molar-refractivity contribution in [3.63, 3.8) is 0 Å². The maximum absolute atomic E-state index is 11.0. The highest BCUT2D eigenvalue weighted by atomic mass is 16.6. The van der Waals surface area contributed by atoms with E-state index in [1.165, 1.54) is 50.3 Å². The molecule has 256 valence electrons. The topological polar surface area (TPSA) is 165 Å². The maximum atomic E-state index is 11.0. The van der Waals surface area contributed by atoms with Gasteiger partial charge in [0, 0.05) is 26.7 Å². The van der Waals surface area contributed by atoms with Crippen molar-refractivity contribution in [1.82, 2.24) is 20.6 Å². The molecule has 12 nitrogen and oxygen atoms in total. The van der Waals surface area contributed by atoms with Gasteiger partial charge in [-0.15, -0.1) is 0 Å². The van der Waals surface area contributed by atoms with Crippen LogP contribution in [0.5, 0.6) is 0 Å². The summed E-state index contributed by atoms with van der Waals surface area (Å²) in [6.45, 7) is 9.83. The van der Waals surface area contributed by atoms with E-state index in [-0.39, 0.29) is 24.1 Å². The van der Waals surface area contributed by atoms with Gasteiger partial charge in [0.2, 0.25) is 11.9 Å². The Labute approximate surface area is 279 Å². The van der Waals surface area contributed by atoms with Crippen LogP contribution in [-0.4, -0.2) is 54.8 Å². The second-order valence-electron chi connectivity index (χ2n) is 12.6. The van der Waals surface area contributed by atoms with E-state index in [4.69, 9.17) is 20.3 Å². The number of nitrogens with one attached hydrogen (secondary N) is 5. The van der Waals surface area contributed by atoms with Crippen LogP contribution >= 0.6 is 0 Å². The number of nitrogens with two attached hydrogens (primary N) is 1. The number of nitrogens with zero attached hydrogens (tertiary/aromatic N) is 2. The molecule has 0 unspecified atom stereocenters. The van der Waals surface area contributed by atoms with E-state index in [1.54, 1.807) is 13.3 Å². The van der Waals surface area contributed by atoms with Crippen molar-refractivity contribution in [3.8, 4) is 11.1 Å². The molecule has 4 rings (SSSR count). The fraction of sp³-hybridized carbons (Fsp3) is 0.486. The highest BCUT2D eigenvalue weighted by Crippen LogP contribution is 2.28. The molecule has 0 bridgehead atoms. The molecule has 1 fully saturated rings. The van der Waals surface area contributed by atoms with E-state index in [0.29, 0.717) is 25.0 Å². The van der Waals surface area contributed by atoms with E-state index in [1.807, 2.05) is 32.9 Å². The minimum atomic E-state index is -0.389. The van der Waals surface area contributed by atoms with Crippen molar-refractivity contribution in [1.29, 1.82) is 0 Å². The van der Waals surface area contributed by atoms with E-state index >= 15 is 0 Å². The molecule has 1 aliphatic carbocycles. The summed E-state index contributed by atoms with van der Waals surface area (Å²) >= 11 is 0. The summed E-state index contributed by atoms with van der Waals surface area (Å²) in [4.78, 5) is 35.9. The number of ether oxygens (including phenoxy) is 1. The molecule has 0 spiro atoms. The van der Waals surface area contributed by atoms with Gasteiger partial charge >= 0.3 is 6.09 Å². The monoisotopic (exact) mass is 648 g/mol. The van der Waals surface area contributed by atoms with Gasteiger partial charge in [0.15, 0.2) is 5.82 Å². The molecule has 0 saturated heterocycles. The van der Waals surface area contributed by atoms with E-state index < -0.39 is 0 Å². The first-order chi connectivity index (χ1) is 22.5. The first-order valence-corrected chi connectivity index (χ1v) is 16.2. The SMILES string of the molecule is CNC(=O)OC(C)(C)C.CONc1cnc(NCc2cccc(-c3cccc(CNCC(N)=O)c3)c2C)nc1NCC1CCCCC1. The third kappa shape index (κ3) is 13.1. The third-order valence-electron chi connectivity index (χ3n) is 7.64. The zero-order valence-corrected chi connectivity index (χ0v) is 28.7. The highest BCUT2D eigenvalue weighted by Gasteiger charge is 2.16. The lowest BCUT2D eigenvalue weighted by molar-refractivity contribution is -0.117. The van der Waals surface area contributed by atoms with Crippen molar-refractivity contribution in [2.24, 2.45) is 11.7 Å². The van der Waals surface area contributed by atoms with Crippen LogP contribution in [0.1, 0.15) is 69.6 Å². The molecule has 3 aromatic rings. The average molecular weight is 649 g/mol. The summed E-state index contributed by atoms with van der Waals surface area (Å²) in [6.07, 6.45) is 7.83. The molecule has 2 amide bonds. The summed E-state index contributed by atoms with van der Waals surface area (Å²) < 4.78 is 4.84. The van der Waals surface area contributed by atoms with Crippen LogP contribution in [-0.2, 0) is 27.5 Å². The minimum Gasteiger partial charge on any atom is -0.444 e. The third-order valence-corrected chi connectivity index (χ3v) is 7.64. The Bertz CT molecular complexity index is 1440. The summed E-state index contributed by atoms with van der Waals surface area (Å²) in [5.41, 5.74) is 14.2. The van der Waals surface area contributed by atoms with Crippen LogP contribution in [0.3, 0.4) is 0 Å². The molecule has 1 aliphatic rings. The average Bonchev–Trinajstić information content (AvgIpc) is 3.04. The first-order valence-electron chi connectivity index (χ1n) is 16.2. The molecule has 0 atom stereocenters. The van der Waals surface area contributed by atoms with Gasteiger partial charge in [0.05, 0.1) is 19.9 Å². The smallest absolute Gasteiger partial charge is 0.407 e. The highest BCUT2D eigenvalue weighted by molar-refractivity contribution is 5.76. The van der Waals surface area contributed by atoms with Gasteiger partial charge in [-0.3, -0.25) is 15.1 Å². The number of hydrogen-bond acceptors (Lipinski definition) is 10. The van der Waals surface area contributed by atoms with Gasteiger partial charge in [-0.1, -0.05) is 55.7 Å². The standard InChI is InChI=1S/C29H39N7O2.C6H13NO2/c1-20-24(12-7-13-25(20)23-11-6-10-22(14-23)15-31-19-27(30)37)17-33-29-34-18-26(36-38-2)28(35-29)32-16-21-8-4-3-5-9-21;1-6(2,3)9-5(8)7-4/h6-7,10-14,18,21,31,36H,3-5,8-9,15-17,19H2,1-2H3,(H2,30,37)(H2,32,33,34,35);1-4H3,(H,7,8). The molecule has 47 heavy (non-hydrogen) atoms. The summed E-state index contributed by atoms with van der Waals surface area (Å²) in [7, 11) is 3.12. The number of carbonyl (C=O) groups is 2. The maximum Gasteiger partial charge on any atom is 0.407 e. The predicted octanol–water partition coefficient (Wildman–Crippen LogP) is 5.75. The number of hydrogen-bond donors (Lipinski definition) is 6. The van der Waals surface area contributed by atoms with Crippen molar-refractivity contribution >= 4 is 29.5 Å². The lowest BCUT2D eigenvalue weighted by atomic mass is 9.89. The Balaban J connectivity index is 0.000000584. The fourth-order valence-electron chi connectivity index (χ4n) is 5.29. The number of aromatic nitrogens is 2. The first kappa shape index (κ1) is 37.0. The Kier molecular flexibility index (Phi) is 14.7. The molecule has 1 aromatic heterocycles. The van der Waals surface area contributed by atoms with Gasteiger partial charge in [-0.25, -0.2) is 9.78 Å². The summed E-state index contributed by atoms with van der Waals surface area (Å²) in [5, 5.41) is 12.3. The summed E-state index contributed by atoms with van der Waals surface area (Å²) in [6, 6.07) is 14.6. The van der Waals surface area contributed by atoms with Gasteiger partial charge in [-0.2, -0.15) is 4.98 Å². The van der Waals surface area contributed by atoms with Gasteiger partial charge < -0.3 is 31.7 Å². The lowest BCUT2D eigenvalue weighted by Gasteiger charge is -2.22. The minimum absolute atomic E-state index is 0.160. The molecule has 1 heterocycles. The second kappa shape index (κ2) is 18.7. The molecule has 0 radical (unpaired) electrons. The molecular weight excluding hydrogens is 596 g/mol. The Morgan fingerprint density at radius 3 is 2.43 bits per heavy atom. The molecule has 7 N–H and O–H groups in total. The number of rotatable bonds is 13. The van der Waals surface area contributed by atoms with Crippen LogP contribution in [0.25, 0.3) is 11.1 Å². The largest absolute Gasteiger partial charge is 0.444 e. The lowest BCUT2D eigenvalue weighted by Crippen LogP contribution is -2.30. The number of primary amides is 1. The number of benzene rings is 2.